The fraction of sp³-hybridized carbons (Fsp3) is 0.586. The smallest absolute Gasteiger partial charge is 0.259 e. The van der Waals surface area contributed by atoms with E-state index in [0.717, 1.165) is 44.9 Å². The summed E-state index contributed by atoms with van der Waals surface area (Å²) < 4.78 is 41.1. The molecule has 14 nitrogen and oxygen atoms in total. The van der Waals surface area contributed by atoms with Gasteiger partial charge in [-0.05, 0) is 18.9 Å². The quantitative estimate of drug-likeness (QED) is 0.316. The highest BCUT2D eigenvalue weighted by Gasteiger charge is 2.16. The van der Waals surface area contributed by atoms with E-state index in [2.05, 4.69) is 34.9 Å². The number of ether oxygens (including phenoxy) is 3. The van der Waals surface area contributed by atoms with Crippen molar-refractivity contribution in [2.45, 2.75) is 38.1 Å². The highest BCUT2D eigenvalue weighted by Crippen LogP contribution is 2.21. The Labute approximate surface area is 260 Å². The van der Waals surface area contributed by atoms with Gasteiger partial charge in [-0.15, -0.1) is 0 Å². The largest absolute Gasteiger partial charge is 0.489 e. The molecule has 0 unspecified atom stereocenters. The summed E-state index contributed by atoms with van der Waals surface area (Å²) in [4.78, 5) is 32.3. The Balaban J connectivity index is 0.000000240. The van der Waals surface area contributed by atoms with E-state index < -0.39 is 10.0 Å². The first kappa shape index (κ1) is 31.9. The van der Waals surface area contributed by atoms with Crippen LogP contribution in [0.2, 0.25) is 0 Å². The summed E-state index contributed by atoms with van der Waals surface area (Å²) in [6, 6.07) is 3.79. The number of hydrogen-bond donors (Lipinski definition) is 3. The van der Waals surface area contributed by atoms with Crippen LogP contribution in [-0.4, -0.2) is 111 Å². The Bertz CT molecular complexity index is 1510. The van der Waals surface area contributed by atoms with Gasteiger partial charge in [-0.25, -0.2) is 18.4 Å². The fourth-order valence-electron chi connectivity index (χ4n) is 5.38. The number of sulfonamides is 1. The molecule has 0 amide bonds. The van der Waals surface area contributed by atoms with Gasteiger partial charge < -0.3 is 29.4 Å². The second-order valence-electron chi connectivity index (χ2n) is 11.1. The molecule has 2 aliphatic heterocycles. The van der Waals surface area contributed by atoms with Crippen LogP contribution < -0.4 is 25.2 Å². The third-order valence-corrected chi connectivity index (χ3v) is 8.29. The van der Waals surface area contributed by atoms with Gasteiger partial charge in [0.25, 0.3) is 5.56 Å². The van der Waals surface area contributed by atoms with E-state index in [0.29, 0.717) is 61.6 Å². The Morgan fingerprint density at radius 1 is 0.977 bits per heavy atom. The third kappa shape index (κ3) is 9.74. The van der Waals surface area contributed by atoms with Gasteiger partial charge in [-0.2, -0.15) is 0 Å². The molecule has 0 radical (unpaired) electrons. The van der Waals surface area contributed by atoms with Gasteiger partial charge in [-0.3, -0.25) is 19.4 Å². The summed E-state index contributed by atoms with van der Waals surface area (Å²) in [7, 11) is -3.41. The molecule has 2 saturated heterocycles. The topological polar surface area (TPSA) is 164 Å². The Kier molecular flexibility index (Phi) is 11.2. The van der Waals surface area contributed by atoms with Crippen LogP contribution in [0.5, 0.6) is 5.75 Å². The number of morpholine rings is 2. The van der Waals surface area contributed by atoms with Crippen LogP contribution in [-0.2, 0) is 19.5 Å². The van der Waals surface area contributed by atoms with Gasteiger partial charge in [-0.1, -0.05) is 19.3 Å². The molecule has 0 atom stereocenters. The number of aromatic amines is 1. The predicted octanol–water partition coefficient (Wildman–Crippen LogP) is 2.56. The third-order valence-electron chi connectivity index (χ3n) is 7.68. The van der Waals surface area contributed by atoms with Gasteiger partial charge in [0, 0.05) is 47.7 Å². The number of nitrogens with zero attached hydrogens (tertiary/aromatic N) is 5. The number of fused-ring (bicyclic) bond motifs is 1. The van der Waals surface area contributed by atoms with Crippen molar-refractivity contribution in [1.82, 2.24) is 24.8 Å². The average molecular weight is 635 g/mol. The molecular formula is C29H46N8O6S. The predicted molar refractivity (Wildman–Crippen MR) is 173 cm³/mol. The minimum atomic E-state index is -3.41. The number of pyridine rings is 2. The highest BCUT2D eigenvalue weighted by molar-refractivity contribution is 7.92. The second kappa shape index (κ2) is 15.5. The first-order chi connectivity index (χ1) is 21.3. The molecule has 3 aliphatic rings. The molecule has 244 valence electrons. The van der Waals surface area contributed by atoms with Gasteiger partial charge >= 0.3 is 0 Å². The summed E-state index contributed by atoms with van der Waals surface area (Å²) in [5.74, 6) is 2.15. The van der Waals surface area contributed by atoms with E-state index in [1.807, 2.05) is 4.90 Å². The zero-order valence-corrected chi connectivity index (χ0v) is 26.0. The Morgan fingerprint density at radius 2 is 1.66 bits per heavy atom. The molecule has 3 N–H and O–H groups in total. The minimum absolute atomic E-state index is 0. The number of H-pyrrole nitrogens is 1. The molecule has 44 heavy (non-hydrogen) atoms. The number of rotatable bonds is 9. The number of aromatic nitrogens is 4. The first-order valence-electron chi connectivity index (χ1n) is 15.2. The molecule has 1 aliphatic carbocycles. The van der Waals surface area contributed by atoms with E-state index in [4.69, 9.17) is 14.2 Å². The number of anilines is 3. The maximum absolute atomic E-state index is 12.2. The molecule has 0 bridgehead atoms. The van der Waals surface area contributed by atoms with E-state index in [1.54, 1.807) is 18.5 Å². The lowest BCUT2D eigenvalue weighted by molar-refractivity contribution is 0.0322. The van der Waals surface area contributed by atoms with Crippen LogP contribution in [0.4, 0.5) is 17.5 Å². The molecule has 6 rings (SSSR count). The second-order valence-corrected chi connectivity index (χ2v) is 12.9. The van der Waals surface area contributed by atoms with E-state index >= 15 is 0 Å². The van der Waals surface area contributed by atoms with Crippen molar-refractivity contribution in [2.75, 3.05) is 87.0 Å². The van der Waals surface area contributed by atoms with Crippen molar-refractivity contribution in [2.24, 2.45) is 0 Å². The standard InChI is InChI=1S/C16H26N4O2.C13H16N4O4S.2H2/c1-2-4-14(5-3-1)19-16-17-12-15(13-18-16)22-11-8-20-6-9-21-10-7-20;1-22(19,20)16-9-6-10-11(14-8-9)7-12(15-13(10)18)17-2-4-21-5-3-17;;/h12-14H,1-11H2,(H,17,18,19);6-8,16H,2-5H2,1H3,(H,15,18);2*1H. The maximum atomic E-state index is 12.2. The molecular weight excluding hydrogens is 588 g/mol. The van der Waals surface area contributed by atoms with Crippen LogP contribution in [0, 0.1) is 0 Å². The molecule has 0 aromatic carbocycles. The lowest BCUT2D eigenvalue weighted by Crippen LogP contribution is -2.38. The highest BCUT2D eigenvalue weighted by atomic mass is 32.2. The normalized spacial score (nSPS) is 18.3. The van der Waals surface area contributed by atoms with Crippen LogP contribution in [0.15, 0.2) is 35.5 Å². The van der Waals surface area contributed by atoms with Gasteiger partial charge in [0.2, 0.25) is 16.0 Å². The fourth-order valence-corrected chi connectivity index (χ4v) is 5.92. The van der Waals surface area contributed by atoms with Crippen LogP contribution in [0.1, 0.15) is 35.0 Å². The van der Waals surface area contributed by atoms with Gasteiger partial charge in [0.05, 0.1) is 67.9 Å². The van der Waals surface area contributed by atoms with Crippen molar-refractivity contribution < 1.29 is 25.5 Å². The molecule has 15 heteroatoms. The van der Waals surface area contributed by atoms with Crippen LogP contribution in [0.25, 0.3) is 10.9 Å². The molecule has 3 aromatic heterocycles. The van der Waals surface area contributed by atoms with E-state index in [1.165, 1.54) is 44.4 Å². The van der Waals surface area contributed by atoms with Crippen molar-refractivity contribution >= 4 is 38.4 Å². The number of nitrogens with one attached hydrogen (secondary N) is 3. The van der Waals surface area contributed by atoms with Crippen LogP contribution >= 0.6 is 0 Å². The molecule has 1 saturated carbocycles. The van der Waals surface area contributed by atoms with Gasteiger partial charge in [0.1, 0.15) is 12.4 Å². The Hall–Kier alpha value is -3.53. The zero-order chi connectivity index (χ0) is 30.8. The number of hydrogen-bond acceptors (Lipinski definition) is 12. The average Bonchev–Trinajstić information content (AvgIpc) is 3.03. The molecule has 3 fully saturated rings. The summed E-state index contributed by atoms with van der Waals surface area (Å²) in [5.41, 5.74) is 0.479. The molecule has 3 aromatic rings. The summed E-state index contributed by atoms with van der Waals surface area (Å²) in [6.07, 6.45) is 12.4. The maximum Gasteiger partial charge on any atom is 0.259 e. The molecule has 0 spiro atoms. The zero-order valence-electron chi connectivity index (χ0n) is 25.2. The summed E-state index contributed by atoms with van der Waals surface area (Å²) in [6.45, 7) is 7.85. The van der Waals surface area contributed by atoms with Crippen molar-refractivity contribution in [1.29, 1.82) is 0 Å². The van der Waals surface area contributed by atoms with Gasteiger partial charge in [0.15, 0.2) is 5.75 Å². The van der Waals surface area contributed by atoms with E-state index in [-0.39, 0.29) is 14.1 Å². The Morgan fingerprint density at radius 3 is 2.34 bits per heavy atom. The van der Waals surface area contributed by atoms with E-state index in [9.17, 15) is 13.2 Å². The summed E-state index contributed by atoms with van der Waals surface area (Å²) in [5, 5.41) is 3.75. The lowest BCUT2D eigenvalue weighted by Gasteiger charge is -2.28. The SMILES string of the molecule is CS(=O)(=O)Nc1cnc2cc(N3CCOCC3)[nH]c(=O)c2c1.[HH].[HH].c1nc(NC2CCCCC2)ncc1OCCN1CCOCC1. The van der Waals surface area contributed by atoms with Crippen molar-refractivity contribution in [3.8, 4) is 5.75 Å². The first-order valence-corrected chi connectivity index (χ1v) is 17.1. The monoisotopic (exact) mass is 634 g/mol. The van der Waals surface area contributed by atoms with Crippen molar-refractivity contribution in [3.63, 3.8) is 0 Å². The van der Waals surface area contributed by atoms with Crippen molar-refractivity contribution in [3.05, 3.63) is 41.1 Å². The van der Waals surface area contributed by atoms with Crippen LogP contribution in [0.3, 0.4) is 0 Å². The minimum Gasteiger partial charge on any atom is -0.489 e. The lowest BCUT2D eigenvalue weighted by atomic mass is 9.96. The summed E-state index contributed by atoms with van der Waals surface area (Å²) >= 11 is 0. The molecule has 5 heterocycles.